The van der Waals surface area contributed by atoms with Crippen LogP contribution in [0.3, 0.4) is 0 Å². The quantitative estimate of drug-likeness (QED) is 0.582. The summed E-state index contributed by atoms with van der Waals surface area (Å²) in [6.45, 7) is 3.32. The highest BCUT2D eigenvalue weighted by Gasteiger charge is 2.23. The van der Waals surface area contributed by atoms with Gasteiger partial charge in [-0.25, -0.2) is 0 Å². The maximum atomic E-state index is 6.11. The molecule has 0 amide bonds. The number of likely N-dealkylation sites (tertiary alicyclic amines) is 1. The van der Waals surface area contributed by atoms with Crippen LogP contribution in [0, 0.1) is 0 Å². The molecule has 144 valence electrons. The van der Waals surface area contributed by atoms with Gasteiger partial charge in [0.25, 0.3) is 0 Å². The van der Waals surface area contributed by atoms with E-state index in [0.717, 1.165) is 24.7 Å². The van der Waals surface area contributed by atoms with E-state index in [0.29, 0.717) is 6.04 Å². The highest BCUT2D eigenvalue weighted by Crippen LogP contribution is 2.26. The molecule has 0 aliphatic carbocycles. The lowest BCUT2D eigenvalue weighted by Gasteiger charge is -2.35. The minimum absolute atomic E-state index is 0.198. The minimum atomic E-state index is 0.198. The van der Waals surface area contributed by atoms with E-state index in [-0.39, 0.29) is 6.04 Å². The van der Waals surface area contributed by atoms with Crippen LogP contribution >= 0.6 is 11.6 Å². The lowest BCUT2D eigenvalue weighted by molar-refractivity contribution is 0.187. The van der Waals surface area contributed by atoms with Crippen LogP contribution in [0.25, 0.3) is 0 Å². The van der Waals surface area contributed by atoms with Crippen molar-refractivity contribution in [1.29, 1.82) is 0 Å². The Bertz CT molecular complexity index is 841. The number of hydrogen-bond donors (Lipinski definition) is 1. The molecule has 28 heavy (non-hydrogen) atoms. The van der Waals surface area contributed by atoms with Crippen LogP contribution in [0.2, 0.25) is 5.02 Å². The number of nitrogens with one attached hydrogen (secondary N) is 1. The Morgan fingerprint density at radius 3 is 2.00 bits per heavy atom. The van der Waals surface area contributed by atoms with Crippen LogP contribution in [0.1, 0.15) is 35.6 Å². The van der Waals surface area contributed by atoms with Gasteiger partial charge in [-0.15, -0.1) is 0 Å². The van der Waals surface area contributed by atoms with Crippen LogP contribution in [-0.4, -0.2) is 24.0 Å². The van der Waals surface area contributed by atoms with Gasteiger partial charge in [-0.05, 0) is 54.8 Å². The molecule has 0 unspecified atom stereocenters. The average molecular weight is 391 g/mol. The summed E-state index contributed by atoms with van der Waals surface area (Å²) in [6, 6.07) is 30.4. The lowest BCUT2D eigenvalue weighted by atomic mass is 9.95. The molecule has 3 aromatic carbocycles. The van der Waals surface area contributed by atoms with Crippen LogP contribution < -0.4 is 5.32 Å². The molecule has 0 bridgehead atoms. The van der Waals surface area contributed by atoms with Crippen molar-refractivity contribution in [2.24, 2.45) is 0 Å². The minimum Gasteiger partial charge on any atom is -0.303 e. The van der Waals surface area contributed by atoms with E-state index in [4.69, 9.17) is 11.6 Å². The molecular formula is C25H27ClN2. The Labute approximate surface area is 173 Å². The van der Waals surface area contributed by atoms with Crippen molar-refractivity contribution < 1.29 is 0 Å². The predicted molar refractivity (Wildman–Crippen MR) is 118 cm³/mol. The first-order valence-electron chi connectivity index (χ1n) is 10.1. The van der Waals surface area contributed by atoms with Crippen molar-refractivity contribution in [3.05, 3.63) is 107 Å². The van der Waals surface area contributed by atoms with Crippen LogP contribution in [0.4, 0.5) is 0 Å². The van der Waals surface area contributed by atoms with E-state index in [2.05, 4.69) is 83.0 Å². The van der Waals surface area contributed by atoms with E-state index >= 15 is 0 Å². The first-order chi connectivity index (χ1) is 13.8. The van der Waals surface area contributed by atoms with Crippen molar-refractivity contribution in [2.75, 3.05) is 13.1 Å². The van der Waals surface area contributed by atoms with Crippen molar-refractivity contribution in [2.45, 2.75) is 31.5 Å². The Hall–Kier alpha value is -2.13. The third-order valence-electron chi connectivity index (χ3n) is 5.58. The summed E-state index contributed by atoms with van der Waals surface area (Å²) in [7, 11) is 0. The molecule has 0 aromatic heterocycles. The summed E-state index contributed by atoms with van der Waals surface area (Å²) < 4.78 is 0. The standard InChI is InChI=1S/C25H27ClN2/c26-23-13-11-22(12-14-23)25(21-9-5-2-6-10-21)27-24-15-17-28(18-16-24)19-20-7-3-1-4-8-20/h1-14,24-25,27H,15-19H2/t25-/m0/s1. The molecule has 0 radical (unpaired) electrons. The molecule has 1 heterocycles. The molecule has 1 aliphatic rings. The van der Waals surface area contributed by atoms with Gasteiger partial charge >= 0.3 is 0 Å². The van der Waals surface area contributed by atoms with Crippen molar-refractivity contribution >= 4 is 11.6 Å². The molecule has 1 aliphatic heterocycles. The summed E-state index contributed by atoms with van der Waals surface area (Å²) in [5, 5.41) is 4.70. The molecule has 2 nitrogen and oxygen atoms in total. The summed E-state index contributed by atoms with van der Waals surface area (Å²) in [6.07, 6.45) is 2.34. The first kappa shape index (κ1) is 19.2. The molecule has 1 saturated heterocycles. The fraction of sp³-hybridized carbons (Fsp3) is 0.280. The number of halogens is 1. The monoisotopic (exact) mass is 390 g/mol. The topological polar surface area (TPSA) is 15.3 Å². The summed E-state index contributed by atoms with van der Waals surface area (Å²) in [5.74, 6) is 0. The van der Waals surface area contributed by atoms with Crippen molar-refractivity contribution in [1.82, 2.24) is 10.2 Å². The fourth-order valence-corrected chi connectivity index (χ4v) is 4.15. The van der Waals surface area contributed by atoms with Crippen LogP contribution in [-0.2, 0) is 6.54 Å². The number of nitrogens with zero attached hydrogens (tertiary/aromatic N) is 1. The van der Waals surface area contributed by atoms with E-state index in [1.165, 1.54) is 29.5 Å². The molecular weight excluding hydrogens is 364 g/mol. The molecule has 0 saturated carbocycles. The molecule has 1 atom stereocenters. The lowest BCUT2D eigenvalue weighted by Crippen LogP contribution is -2.43. The van der Waals surface area contributed by atoms with Crippen LogP contribution in [0.15, 0.2) is 84.9 Å². The second-order valence-corrected chi connectivity index (χ2v) is 8.03. The largest absolute Gasteiger partial charge is 0.303 e. The van der Waals surface area contributed by atoms with Gasteiger partial charge < -0.3 is 5.32 Å². The second kappa shape index (κ2) is 9.38. The molecule has 1 N–H and O–H groups in total. The Morgan fingerprint density at radius 2 is 1.36 bits per heavy atom. The average Bonchev–Trinajstić information content (AvgIpc) is 2.75. The SMILES string of the molecule is Clc1ccc([C@@H](NC2CCN(Cc3ccccc3)CC2)c2ccccc2)cc1. The van der Waals surface area contributed by atoms with Gasteiger partial charge in [0.2, 0.25) is 0 Å². The van der Waals surface area contributed by atoms with E-state index in [9.17, 15) is 0 Å². The molecule has 3 heteroatoms. The first-order valence-corrected chi connectivity index (χ1v) is 10.5. The zero-order valence-corrected chi connectivity index (χ0v) is 16.9. The van der Waals surface area contributed by atoms with Crippen molar-refractivity contribution in [3.63, 3.8) is 0 Å². The Kier molecular flexibility index (Phi) is 6.43. The number of piperidine rings is 1. The zero-order chi connectivity index (χ0) is 19.2. The molecule has 4 rings (SSSR count). The smallest absolute Gasteiger partial charge is 0.0578 e. The van der Waals surface area contributed by atoms with Gasteiger partial charge in [0, 0.05) is 17.6 Å². The van der Waals surface area contributed by atoms with E-state index < -0.39 is 0 Å². The normalized spacial score (nSPS) is 16.8. The summed E-state index contributed by atoms with van der Waals surface area (Å²) >= 11 is 6.11. The van der Waals surface area contributed by atoms with Crippen LogP contribution in [0.5, 0.6) is 0 Å². The second-order valence-electron chi connectivity index (χ2n) is 7.60. The number of benzene rings is 3. The number of rotatable bonds is 6. The third kappa shape index (κ3) is 5.02. The van der Waals surface area contributed by atoms with Gasteiger partial charge in [0.1, 0.15) is 0 Å². The summed E-state index contributed by atoms with van der Waals surface area (Å²) in [5.41, 5.74) is 3.97. The molecule has 1 fully saturated rings. The summed E-state index contributed by atoms with van der Waals surface area (Å²) in [4.78, 5) is 2.56. The zero-order valence-electron chi connectivity index (χ0n) is 16.1. The van der Waals surface area contributed by atoms with Gasteiger partial charge in [0.15, 0.2) is 0 Å². The molecule has 3 aromatic rings. The Morgan fingerprint density at radius 1 is 0.786 bits per heavy atom. The highest BCUT2D eigenvalue weighted by atomic mass is 35.5. The van der Waals surface area contributed by atoms with Crippen molar-refractivity contribution in [3.8, 4) is 0 Å². The van der Waals surface area contributed by atoms with E-state index in [1.54, 1.807) is 0 Å². The third-order valence-corrected chi connectivity index (χ3v) is 5.83. The predicted octanol–water partition coefficient (Wildman–Crippen LogP) is 5.68. The molecule has 0 spiro atoms. The number of hydrogen-bond acceptors (Lipinski definition) is 2. The fourth-order valence-electron chi connectivity index (χ4n) is 4.02. The van der Waals surface area contributed by atoms with Gasteiger partial charge in [-0.1, -0.05) is 84.4 Å². The highest BCUT2D eigenvalue weighted by molar-refractivity contribution is 6.30. The van der Waals surface area contributed by atoms with Gasteiger partial charge in [0.05, 0.1) is 6.04 Å². The van der Waals surface area contributed by atoms with Gasteiger partial charge in [-0.3, -0.25) is 4.90 Å². The van der Waals surface area contributed by atoms with E-state index in [1.807, 2.05) is 12.1 Å². The maximum absolute atomic E-state index is 6.11. The maximum Gasteiger partial charge on any atom is 0.0578 e. The van der Waals surface area contributed by atoms with Gasteiger partial charge in [-0.2, -0.15) is 0 Å². The Balaban J connectivity index is 1.41.